The van der Waals surface area contributed by atoms with Crippen LogP contribution in [0.25, 0.3) is 0 Å². The molecule has 0 aromatic carbocycles. The third kappa shape index (κ3) is 2.69. The molecule has 1 rings (SSSR count). The SMILES string of the molecule is O=CNN(O)SC1CC1. The molecule has 1 fully saturated rings. The van der Waals surface area contributed by atoms with E-state index in [-0.39, 0.29) is 0 Å². The number of carbonyl (C=O) groups is 1. The molecule has 1 amide bonds. The number of carbonyl (C=O) groups excluding carboxylic acids is 1. The molecule has 0 saturated heterocycles. The summed E-state index contributed by atoms with van der Waals surface area (Å²) in [5.74, 6) is 0. The predicted molar refractivity (Wildman–Crippen MR) is 33.4 cm³/mol. The van der Waals surface area contributed by atoms with Crippen molar-refractivity contribution in [2.24, 2.45) is 0 Å². The molecule has 1 aliphatic carbocycles. The largest absolute Gasteiger partial charge is 0.285 e. The number of hydrogen-bond acceptors (Lipinski definition) is 4. The molecule has 0 unspecified atom stereocenters. The predicted octanol–water partition coefficient (Wildman–Crippen LogP) is 0.149. The number of hydrogen-bond donors (Lipinski definition) is 2. The van der Waals surface area contributed by atoms with E-state index >= 15 is 0 Å². The molecule has 0 heterocycles. The maximum Gasteiger partial charge on any atom is 0.223 e. The normalized spacial score (nSPS) is 18.0. The molecule has 0 radical (unpaired) electrons. The summed E-state index contributed by atoms with van der Waals surface area (Å²) in [5, 5.41) is 9.22. The van der Waals surface area contributed by atoms with Gasteiger partial charge in [0.1, 0.15) is 0 Å². The highest BCUT2D eigenvalue weighted by molar-refractivity contribution is 7.97. The summed E-state index contributed by atoms with van der Waals surface area (Å²) in [6, 6.07) is 0. The van der Waals surface area contributed by atoms with Crippen molar-refractivity contribution in [1.29, 1.82) is 0 Å². The van der Waals surface area contributed by atoms with Crippen molar-refractivity contribution in [3.63, 3.8) is 0 Å². The quantitative estimate of drug-likeness (QED) is 0.338. The lowest BCUT2D eigenvalue weighted by Gasteiger charge is -2.08. The molecule has 2 N–H and O–H groups in total. The van der Waals surface area contributed by atoms with Crippen LogP contribution in [0, 0.1) is 0 Å². The maximum atomic E-state index is 9.69. The Morgan fingerprint density at radius 3 is 2.89 bits per heavy atom. The summed E-state index contributed by atoms with van der Waals surface area (Å²) in [6.07, 6.45) is 2.69. The molecule has 5 heteroatoms. The molecule has 9 heavy (non-hydrogen) atoms. The first kappa shape index (κ1) is 6.85. The standard InChI is InChI=1S/C4H8N2O2S/c7-3-5-6(8)9-4-1-2-4/h3-4,8H,1-2H2,(H,5,7). The molecule has 0 spiro atoms. The topological polar surface area (TPSA) is 52.6 Å². The van der Waals surface area contributed by atoms with E-state index in [9.17, 15) is 4.79 Å². The monoisotopic (exact) mass is 148 g/mol. The van der Waals surface area contributed by atoms with E-state index in [0.717, 1.165) is 17.4 Å². The highest BCUT2D eigenvalue weighted by atomic mass is 32.2. The number of nitrogens with one attached hydrogen (secondary N) is 1. The lowest BCUT2D eigenvalue weighted by atomic mass is 11.0. The molecule has 0 atom stereocenters. The number of rotatable bonds is 4. The van der Waals surface area contributed by atoms with E-state index in [4.69, 9.17) is 5.21 Å². The first-order valence-electron chi connectivity index (χ1n) is 2.68. The molecule has 1 saturated carbocycles. The van der Waals surface area contributed by atoms with Crippen molar-refractivity contribution in [3.05, 3.63) is 0 Å². The van der Waals surface area contributed by atoms with Gasteiger partial charge in [-0.3, -0.25) is 15.4 Å². The molecule has 0 aromatic heterocycles. The Bertz CT molecular complexity index is 107. The Balaban J connectivity index is 2.01. The van der Waals surface area contributed by atoms with Crippen LogP contribution < -0.4 is 5.43 Å². The van der Waals surface area contributed by atoms with E-state index in [2.05, 4.69) is 5.43 Å². The third-order valence-corrected chi connectivity index (χ3v) is 2.01. The molecule has 1 aliphatic rings. The summed E-state index contributed by atoms with van der Waals surface area (Å²) in [5.41, 5.74) is 2.09. The summed E-state index contributed by atoms with van der Waals surface area (Å²) < 4.78 is 0.741. The maximum absolute atomic E-state index is 9.69. The van der Waals surface area contributed by atoms with Gasteiger partial charge >= 0.3 is 0 Å². The average Bonchev–Trinajstić information content (AvgIpc) is 2.50. The Kier molecular flexibility index (Phi) is 2.32. The van der Waals surface area contributed by atoms with Crippen LogP contribution in [-0.4, -0.2) is 21.4 Å². The van der Waals surface area contributed by atoms with Gasteiger partial charge < -0.3 is 0 Å². The van der Waals surface area contributed by atoms with Gasteiger partial charge in [0.2, 0.25) is 6.41 Å². The van der Waals surface area contributed by atoms with Gasteiger partial charge in [-0.25, -0.2) is 0 Å². The molecule has 0 aliphatic heterocycles. The van der Waals surface area contributed by atoms with Gasteiger partial charge in [0.15, 0.2) is 0 Å². The van der Waals surface area contributed by atoms with E-state index in [1.54, 1.807) is 0 Å². The van der Waals surface area contributed by atoms with Gasteiger partial charge in [0.25, 0.3) is 0 Å². The fraction of sp³-hybridized carbons (Fsp3) is 0.750. The lowest BCUT2D eigenvalue weighted by molar-refractivity contribution is -0.121. The van der Waals surface area contributed by atoms with Crippen LogP contribution in [0.2, 0.25) is 0 Å². The van der Waals surface area contributed by atoms with Gasteiger partial charge in [-0.05, 0) is 29.4 Å². The fourth-order valence-corrected chi connectivity index (χ4v) is 1.12. The van der Waals surface area contributed by atoms with Crippen LogP contribution in [0.15, 0.2) is 0 Å². The number of hydrazine groups is 1. The molecule has 4 nitrogen and oxygen atoms in total. The lowest BCUT2D eigenvalue weighted by Crippen LogP contribution is -2.27. The van der Waals surface area contributed by atoms with Crippen LogP contribution in [0.3, 0.4) is 0 Å². The van der Waals surface area contributed by atoms with Gasteiger partial charge in [-0.15, -0.1) is 0 Å². The summed E-state index contributed by atoms with van der Waals surface area (Å²) in [6.45, 7) is 0. The van der Waals surface area contributed by atoms with E-state index in [0.29, 0.717) is 11.7 Å². The Morgan fingerprint density at radius 1 is 1.78 bits per heavy atom. The molecule has 0 aromatic rings. The summed E-state index contributed by atoms with van der Waals surface area (Å²) in [4.78, 5) is 9.69. The Labute approximate surface area is 57.3 Å². The van der Waals surface area contributed by atoms with Crippen LogP contribution in [0.5, 0.6) is 0 Å². The zero-order valence-corrected chi connectivity index (χ0v) is 5.60. The highest BCUT2D eigenvalue weighted by Crippen LogP contribution is 2.34. The summed E-state index contributed by atoms with van der Waals surface area (Å²) in [7, 11) is 0. The van der Waals surface area contributed by atoms with Gasteiger partial charge in [-0.2, -0.15) is 0 Å². The van der Waals surface area contributed by atoms with Crippen molar-refractivity contribution in [2.45, 2.75) is 18.1 Å². The van der Waals surface area contributed by atoms with Crippen molar-refractivity contribution in [2.75, 3.05) is 0 Å². The summed E-state index contributed by atoms with van der Waals surface area (Å²) >= 11 is 1.24. The van der Waals surface area contributed by atoms with Gasteiger partial charge in [0, 0.05) is 5.25 Å². The zero-order chi connectivity index (χ0) is 6.69. The van der Waals surface area contributed by atoms with E-state index in [1.807, 2.05) is 0 Å². The fourth-order valence-electron chi connectivity index (χ4n) is 0.390. The molecular weight excluding hydrogens is 140 g/mol. The minimum Gasteiger partial charge on any atom is -0.285 e. The molecule has 0 bridgehead atoms. The van der Waals surface area contributed by atoms with Crippen LogP contribution >= 0.6 is 11.9 Å². The average molecular weight is 148 g/mol. The van der Waals surface area contributed by atoms with Crippen LogP contribution in [0.1, 0.15) is 12.8 Å². The van der Waals surface area contributed by atoms with Crippen molar-refractivity contribution >= 4 is 18.4 Å². The highest BCUT2D eigenvalue weighted by Gasteiger charge is 2.24. The first-order chi connectivity index (χ1) is 4.33. The molecule has 52 valence electrons. The van der Waals surface area contributed by atoms with E-state index < -0.39 is 0 Å². The Hall–Kier alpha value is -0.260. The second kappa shape index (κ2) is 3.05. The van der Waals surface area contributed by atoms with Crippen LogP contribution in [-0.2, 0) is 4.79 Å². The first-order valence-corrected chi connectivity index (χ1v) is 3.52. The van der Waals surface area contributed by atoms with Crippen molar-refractivity contribution in [3.8, 4) is 0 Å². The van der Waals surface area contributed by atoms with Crippen molar-refractivity contribution in [1.82, 2.24) is 10.0 Å². The smallest absolute Gasteiger partial charge is 0.223 e. The van der Waals surface area contributed by atoms with Gasteiger partial charge in [-0.1, -0.05) is 0 Å². The number of nitrogens with zero attached hydrogens (tertiary/aromatic N) is 1. The molecular formula is C4H8N2O2S. The second-order valence-electron chi connectivity index (χ2n) is 1.82. The van der Waals surface area contributed by atoms with E-state index in [1.165, 1.54) is 11.9 Å². The van der Waals surface area contributed by atoms with Crippen LogP contribution in [0.4, 0.5) is 0 Å². The minimum atomic E-state index is 0.440. The Morgan fingerprint density at radius 2 is 2.44 bits per heavy atom. The second-order valence-corrected chi connectivity index (χ2v) is 3.05. The minimum absolute atomic E-state index is 0.440. The third-order valence-electron chi connectivity index (χ3n) is 0.936. The number of amides is 1. The zero-order valence-electron chi connectivity index (χ0n) is 4.78. The van der Waals surface area contributed by atoms with Gasteiger partial charge in [0.05, 0.1) is 0 Å². The van der Waals surface area contributed by atoms with Crippen molar-refractivity contribution < 1.29 is 10.0 Å².